The van der Waals surface area contributed by atoms with Crippen molar-refractivity contribution in [2.75, 3.05) is 20.1 Å². The largest absolute Gasteiger partial charge is 0.306 e. The van der Waals surface area contributed by atoms with Crippen molar-refractivity contribution >= 4 is 0 Å². The number of aromatic nitrogens is 2. The van der Waals surface area contributed by atoms with Gasteiger partial charge in [0.25, 0.3) is 0 Å². The lowest BCUT2D eigenvalue weighted by Gasteiger charge is -2.38. The summed E-state index contributed by atoms with van der Waals surface area (Å²) in [6, 6.07) is 0. The Balaban J connectivity index is 2.02. The number of rotatable bonds is 2. The van der Waals surface area contributed by atoms with Crippen LogP contribution in [0.4, 0.5) is 0 Å². The summed E-state index contributed by atoms with van der Waals surface area (Å²) in [5.41, 5.74) is 5.03. The van der Waals surface area contributed by atoms with Crippen LogP contribution in [-0.2, 0) is 24.8 Å². The molecule has 0 amide bonds. The standard InChI is InChI=1S/C15H25N3/c1-4-13-12-6-7-15(8-10-17(3)11-9-15)14(12)18(5-2)16-13/h4-11H2,1-3H3. The molecule has 3 heteroatoms. The summed E-state index contributed by atoms with van der Waals surface area (Å²) in [4.78, 5) is 2.47. The Kier molecular flexibility index (Phi) is 2.97. The first-order valence-corrected chi connectivity index (χ1v) is 7.48. The number of piperidine rings is 1. The number of hydrogen-bond acceptors (Lipinski definition) is 2. The molecule has 1 fully saturated rings. The van der Waals surface area contributed by atoms with Crippen molar-refractivity contribution in [2.24, 2.45) is 0 Å². The molecule has 0 radical (unpaired) electrons. The van der Waals surface area contributed by atoms with Crippen LogP contribution in [0.5, 0.6) is 0 Å². The van der Waals surface area contributed by atoms with Crippen LogP contribution >= 0.6 is 0 Å². The van der Waals surface area contributed by atoms with Crippen molar-refractivity contribution in [3.8, 4) is 0 Å². The van der Waals surface area contributed by atoms with Crippen molar-refractivity contribution in [3.63, 3.8) is 0 Å². The first-order valence-electron chi connectivity index (χ1n) is 7.48. The van der Waals surface area contributed by atoms with Gasteiger partial charge in [-0.25, -0.2) is 0 Å². The van der Waals surface area contributed by atoms with E-state index in [-0.39, 0.29) is 0 Å². The normalized spacial score (nSPS) is 22.6. The molecule has 3 rings (SSSR count). The van der Waals surface area contributed by atoms with E-state index in [9.17, 15) is 0 Å². The van der Waals surface area contributed by atoms with Gasteiger partial charge >= 0.3 is 0 Å². The molecule has 1 spiro atoms. The minimum atomic E-state index is 0.457. The number of fused-ring (bicyclic) bond motifs is 2. The lowest BCUT2D eigenvalue weighted by atomic mass is 9.76. The molecule has 1 aliphatic heterocycles. The molecule has 0 atom stereocenters. The summed E-state index contributed by atoms with van der Waals surface area (Å²) >= 11 is 0. The van der Waals surface area contributed by atoms with Gasteiger partial charge in [-0.05, 0) is 64.7 Å². The van der Waals surface area contributed by atoms with Gasteiger partial charge in [-0.15, -0.1) is 0 Å². The fourth-order valence-corrected chi connectivity index (χ4v) is 3.93. The molecule has 0 aromatic carbocycles. The molecule has 2 heterocycles. The van der Waals surface area contributed by atoms with Gasteiger partial charge in [0.1, 0.15) is 0 Å². The van der Waals surface area contributed by atoms with Gasteiger partial charge < -0.3 is 4.90 Å². The van der Waals surface area contributed by atoms with Crippen molar-refractivity contribution < 1.29 is 0 Å². The van der Waals surface area contributed by atoms with Gasteiger partial charge in [-0.3, -0.25) is 4.68 Å². The predicted molar refractivity (Wildman–Crippen MR) is 74.0 cm³/mol. The molecular weight excluding hydrogens is 222 g/mol. The molecule has 1 aliphatic carbocycles. The monoisotopic (exact) mass is 247 g/mol. The Bertz CT molecular complexity index is 439. The number of aryl methyl sites for hydroxylation is 2. The molecule has 2 aliphatic rings. The van der Waals surface area contributed by atoms with Crippen LogP contribution in [-0.4, -0.2) is 34.8 Å². The Labute approximate surface area is 110 Å². The van der Waals surface area contributed by atoms with Crippen LogP contribution in [0.15, 0.2) is 0 Å². The van der Waals surface area contributed by atoms with Crippen LogP contribution in [0.2, 0.25) is 0 Å². The maximum absolute atomic E-state index is 4.84. The van der Waals surface area contributed by atoms with E-state index in [1.165, 1.54) is 44.5 Å². The summed E-state index contributed by atoms with van der Waals surface area (Å²) in [6.45, 7) is 7.99. The third-order valence-electron chi connectivity index (χ3n) is 5.07. The minimum Gasteiger partial charge on any atom is -0.306 e. The molecule has 18 heavy (non-hydrogen) atoms. The highest BCUT2D eigenvalue weighted by Gasteiger charge is 2.44. The van der Waals surface area contributed by atoms with Crippen LogP contribution in [0, 0.1) is 0 Å². The van der Waals surface area contributed by atoms with E-state index in [0.717, 1.165) is 13.0 Å². The fourth-order valence-electron chi connectivity index (χ4n) is 3.93. The van der Waals surface area contributed by atoms with E-state index in [1.54, 1.807) is 11.3 Å². The molecule has 0 saturated carbocycles. The third kappa shape index (κ3) is 1.63. The fraction of sp³-hybridized carbons (Fsp3) is 0.800. The van der Waals surface area contributed by atoms with Gasteiger partial charge in [-0.1, -0.05) is 6.92 Å². The summed E-state index contributed by atoms with van der Waals surface area (Å²) < 4.78 is 2.31. The number of nitrogens with zero attached hydrogens (tertiary/aromatic N) is 3. The summed E-state index contributed by atoms with van der Waals surface area (Å²) in [5, 5.41) is 4.84. The van der Waals surface area contributed by atoms with Crippen molar-refractivity contribution in [3.05, 3.63) is 17.0 Å². The Morgan fingerprint density at radius 2 is 1.89 bits per heavy atom. The quantitative estimate of drug-likeness (QED) is 0.800. The van der Waals surface area contributed by atoms with Gasteiger partial charge in [-0.2, -0.15) is 5.10 Å². The Hall–Kier alpha value is -0.830. The van der Waals surface area contributed by atoms with Crippen LogP contribution in [0.1, 0.15) is 50.1 Å². The van der Waals surface area contributed by atoms with Crippen molar-refractivity contribution in [1.82, 2.24) is 14.7 Å². The van der Waals surface area contributed by atoms with Crippen LogP contribution < -0.4 is 0 Å². The SMILES string of the molecule is CCc1nn(CC)c2c1CCC21CCN(C)CC1. The summed E-state index contributed by atoms with van der Waals surface area (Å²) in [5.74, 6) is 0. The zero-order chi connectivity index (χ0) is 12.8. The van der Waals surface area contributed by atoms with Crippen molar-refractivity contribution in [2.45, 2.75) is 57.9 Å². The highest BCUT2D eigenvalue weighted by atomic mass is 15.3. The number of hydrogen-bond donors (Lipinski definition) is 0. The van der Waals surface area contributed by atoms with Crippen molar-refractivity contribution in [1.29, 1.82) is 0 Å². The van der Waals surface area contributed by atoms with E-state index in [4.69, 9.17) is 5.10 Å². The second-order valence-corrected chi connectivity index (χ2v) is 6.03. The topological polar surface area (TPSA) is 21.1 Å². The highest BCUT2D eigenvalue weighted by Crippen LogP contribution is 2.47. The van der Waals surface area contributed by atoms with Crippen LogP contribution in [0.25, 0.3) is 0 Å². The van der Waals surface area contributed by atoms with E-state index in [2.05, 4.69) is 30.5 Å². The second kappa shape index (κ2) is 4.37. The highest BCUT2D eigenvalue weighted by molar-refractivity contribution is 5.39. The maximum Gasteiger partial charge on any atom is 0.0656 e. The maximum atomic E-state index is 4.84. The summed E-state index contributed by atoms with van der Waals surface area (Å²) in [7, 11) is 2.25. The van der Waals surface area contributed by atoms with Gasteiger partial charge in [0, 0.05) is 17.7 Å². The Morgan fingerprint density at radius 3 is 2.50 bits per heavy atom. The molecule has 100 valence electrons. The third-order valence-corrected chi connectivity index (χ3v) is 5.07. The molecule has 0 N–H and O–H groups in total. The second-order valence-electron chi connectivity index (χ2n) is 6.03. The zero-order valence-electron chi connectivity index (χ0n) is 12.0. The average molecular weight is 247 g/mol. The molecule has 1 saturated heterocycles. The predicted octanol–water partition coefficient (Wildman–Crippen LogP) is 2.38. The summed E-state index contributed by atoms with van der Waals surface area (Å²) in [6.07, 6.45) is 6.37. The van der Waals surface area contributed by atoms with E-state index < -0.39 is 0 Å². The van der Waals surface area contributed by atoms with Gasteiger partial charge in [0.2, 0.25) is 0 Å². The average Bonchev–Trinajstić information content (AvgIpc) is 2.93. The van der Waals surface area contributed by atoms with Gasteiger partial charge in [0.05, 0.1) is 5.69 Å². The smallest absolute Gasteiger partial charge is 0.0656 e. The molecule has 0 bridgehead atoms. The number of likely N-dealkylation sites (tertiary alicyclic amines) is 1. The molecule has 0 unspecified atom stereocenters. The lowest BCUT2D eigenvalue weighted by molar-refractivity contribution is 0.179. The van der Waals surface area contributed by atoms with E-state index in [1.807, 2.05) is 0 Å². The first kappa shape index (κ1) is 12.2. The Morgan fingerprint density at radius 1 is 1.17 bits per heavy atom. The lowest BCUT2D eigenvalue weighted by Crippen LogP contribution is -2.40. The van der Waals surface area contributed by atoms with Crippen LogP contribution in [0.3, 0.4) is 0 Å². The molecule has 1 aromatic heterocycles. The molecular formula is C15H25N3. The van der Waals surface area contributed by atoms with E-state index >= 15 is 0 Å². The molecule has 3 nitrogen and oxygen atoms in total. The molecule has 1 aromatic rings. The van der Waals surface area contributed by atoms with E-state index in [0.29, 0.717) is 5.41 Å². The zero-order valence-corrected chi connectivity index (χ0v) is 12.0. The minimum absolute atomic E-state index is 0.457. The van der Waals surface area contributed by atoms with Gasteiger partial charge in [0.15, 0.2) is 0 Å². The first-order chi connectivity index (χ1) is 8.70.